The summed E-state index contributed by atoms with van der Waals surface area (Å²) < 4.78 is 5.99. The lowest BCUT2D eigenvalue weighted by Crippen LogP contribution is -2.04. The Labute approximate surface area is 163 Å². The van der Waals surface area contributed by atoms with Crippen molar-refractivity contribution in [2.45, 2.75) is 6.54 Å². The minimum atomic E-state index is 0.588. The van der Waals surface area contributed by atoms with Crippen molar-refractivity contribution in [1.29, 1.82) is 0 Å². The first kappa shape index (κ1) is 17.5. The van der Waals surface area contributed by atoms with Crippen LogP contribution in [0.15, 0.2) is 91.4 Å². The van der Waals surface area contributed by atoms with Crippen molar-refractivity contribution in [3.63, 3.8) is 0 Å². The number of pyridine rings is 1. The molecule has 0 aliphatic heterocycles. The maximum atomic E-state index is 5.99. The first-order valence-corrected chi connectivity index (χ1v) is 8.91. The molecule has 2 N–H and O–H groups in total. The number of anilines is 3. The number of nitrogens with zero attached hydrogens (tertiary/aromatic N) is 3. The second-order valence-corrected chi connectivity index (χ2v) is 6.00. The predicted molar refractivity (Wildman–Crippen MR) is 110 cm³/mol. The van der Waals surface area contributed by atoms with Gasteiger partial charge in [-0.1, -0.05) is 36.4 Å². The fourth-order valence-electron chi connectivity index (χ4n) is 2.62. The van der Waals surface area contributed by atoms with Crippen LogP contribution in [-0.4, -0.2) is 15.0 Å². The highest BCUT2D eigenvalue weighted by Gasteiger charge is 2.06. The number of nitrogens with one attached hydrogen (secondary N) is 2. The average Bonchev–Trinajstić information content (AvgIpc) is 2.75. The number of ether oxygens (including phenoxy) is 1. The van der Waals surface area contributed by atoms with E-state index >= 15 is 0 Å². The molecule has 0 atom stereocenters. The van der Waals surface area contributed by atoms with E-state index in [0.717, 1.165) is 22.9 Å². The number of benzene rings is 2. The average molecular weight is 369 g/mol. The molecule has 6 nitrogen and oxygen atoms in total. The van der Waals surface area contributed by atoms with Crippen LogP contribution in [0.25, 0.3) is 0 Å². The van der Waals surface area contributed by atoms with E-state index in [1.807, 2.05) is 78.9 Å². The third-order valence-electron chi connectivity index (χ3n) is 3.96. The third kappa shape index (κ3) is 4.62. The lowest BCUT2D eigenvalue weighted by atomic mass is 10.3. The highest BCUT2D eigenvalue weighted by molar-refractivity contribution is 5.66. The van der Waals surface area contributed by atoms with E-state index in [4.69, 9.17) is 4.74 Å². The largest absolute Gasteiger partial charge is 0.455 e. The van der Waals surface area contributed by atoms with Crippen LogP contribution in [0.4, 0.5) is 17.3 Å². The summed E-state index contributed by atoms with van der Waals surface area (Å²) in [6, 6.07) is 25.1. The molecule has 0 saturated heterocycles. The van der Waals surface area contributed by atoms with Gasteiger partial charge in [0, 0.05) is 12.3 Å². The van der Waals surface area contributed by atoms with Crippen LogP contribution in [0.5, 0.6) is 11.5 Å². The van der Waals surface area contributed by atoms with Crippen LogP contribution in [0.1, 0.15) is 5.69 Å². The van der Waals surface area contributed by atoms with Gasteiger partial charge in [-0.3, -0.25) is 4.98 Å². The van der Waals surface area contributed by atoms with Gasteiger partial charge in [0.05, 0.1) is 17.9 Å². The summed E-state index contributed by atoms with van der Waals surface area (Å²) in [5.74, 6) is 2.87. The van der Waals surface area contributed by atoms with Crippen LogP contribution < -0.4 is 15.4 Å². The van der Waals surface area contributed by atoms with Gasteiger partial charge in [-0.25, -0.2) is 9.97 Å². The topological polar surface area (TPSA) is 72.0 Å². The van der Waals surface area contributed by atoms with Gasteiger partial charge in [-0.15, -0.1) is 0 Å². The zero-order chi connectivity index (χ0) is 19.0. The second kappa shape index (κ2) is 8.64. The Morgan fingerprint density at radius 1 is 0.750 bits per heavy atom. The van der Waals surface area contributed by atoms with E-state index < -0.39 is 0 Å². The Morgan fingerprint density at radius 3 is 2.39 bits per heavy atom. The molecule has 0 saturated carbocycles. The minimum absolute atomic E-state index is 0.588. The van der Waals surface area contributed by atoms with E-state index in [-0.39, 0.29) is 0 Å². The van der Waals surface area contributed by atoms with Crippen molar-refractivity contribution in [2.24, 2.45) is 0 Å². The van der Waals surface area contributed by atoms with Gasteiger partial charge in [0.1, 0.15) is 23.7 Å². The molecule has 138 valence electrons. The third-order valence-corrected chi connectivity index (χ3v) is 3.96. The molecule has 4 rings (SSSR count). The van der Waals surface area contributed by atoms with Crippen molar-refractivity contribution in [3.8, 4) is 11.5 Å². The Balaban J connectivity index is 1.47. The van der Waals surface area contributed by atoms with Gasteiger partial charge in [0.25, 0.3) is 0 Å². The molecule has 2 heterocycles. The van der Waals surface area contributed by atoms with Crippen LogP contribution in [-0.2, 0) is 6.54 Å². The van der Waals surface area contributed by atoms with Gasteiger partial charge in [0.15, 0.2) is 5.75 Å². The summed E-state index contributed by atoms with van der Waals surface area (Å²) in [4.78, 5) is 12.9. The summed E-state index contributed by atoms with van der Waals surface area (Å²) >= 11 is 0. The highest BCUT2D eigenvalue weighted by Crippen LogP contribution is 2.31. The van der Waals surface area contributed by atoms with Crippen molar-refractivity contribution in [2.75, 3.05) is 10.6 Å². The van der Waals surface area contributed by atoms with Crippen molar-refractivity contribution < 1.29 is 4.74 Å². The van der Waals surface area contributed by atoms with Crippen LogP contribution in [0.2, 0.25) is 0 Å². The van der Waals surface area contributed by atoms with Gasteiger partial charge in [0.2, 0.25) is 0 Å². The molecule has 2 aromatic carbocycles. The van der Waals surface area contributed by atoms with E-state index in [1.54, 1.807) is 6.20 Å². The summed E-state index contributed by atoms with van der Waals surface area (Å²) in [5, 5.41) is 6.56. The van der Waals surface area contributed by atoms with Crippen LogP contribution in [0.3, 0.4) is 0 Å². The standard InChI is InChI=1S/C22H19N5O/c1-2-9-18(10-3-1)28-20-12-5-4-11-19(20)27-22-14-21(25-16-26-22)24-15-17-8-6-7-13-23-17/h1-14,16H,15H2,(H2,24,25,26,27). The second-order valence-electron chi connectivity index (χ2n) is 6.00. The molecule has 0 unspecified atom stereocenters. The molecular weight excluding hydrogens is 350 g/mol. The molecule has 0 aliphatic carbocycles. The fourth-order valence-corrected chi connectivity index (χ4v) is 2.62. The number of aromatic nitrogens is 3. The zero-order valence-electron chi connectivity index (χ0n) is 15.1. The lowest BCUT2D eigenvalue weighted by molar-refractivity contribution is 0.485. The molecule has 0 bridgehead atoms. The highest BCUT2D eigenvalue weighted by atomic mass is 16.5. The molecule has 28 heavy (non-hydrogen) atoms. The molecule has 0 fully saturated rings. The van der Waals surface area contributed by atoms with Gasteiger partial charge in [-0.2, -0.15) is 0 Å². The molecule has 0 aliphatic rings. The monoisotopic (exact) mass is 369 g/mol. The zero-order valence-corrected chi connectivity index (χ0v) is 15.1. The molecule has 0 spiro atoms. The number of rotatable bonds is 7. The molecular formula is C22H19N5O. The Morgan fingerprint density at radius 2 is 1.54 bits per heavy atom. The minimum Gasteiger partial charge on any atom is -0.455 e. The number of hydrogen-bond acceptors (Lipinski definition) is 6. The van der Waals surface area contributed by atoms with E-state index in [2.05, 4.69) is 25.6 Å². The molecule has 0 amide bonds. The SMILES string of the molecule is c1ccc(Oc2ccccc2Nc2cc(NCc3ccccn3)ncn2)cc1. The van der Waals surface area contributed by atoms with Crippen LogP contribution in [0, 0.1) is 0 Å². The maximum Gasteiger partial charge on any atom is 0.150 e. The Kier molecular flexibility index (Phi) is 5.39. The predicted octanol–water partition coefficient (Wildman–Crippen LogP) is 5.02. The summed E-state index contributed by atoms with van der Waals surface area (Å²) in [7, 11) is 0. The molecule has 2 aromatic heterocycles. The van der Waals surface area contributed by atoms with E-state index in [9.17, 15) is 0 Å². The molecule has 6 heteroatoms. The summed E-state index contributed by atoms with van der Waals surface area (Å²) in [6.07, 6.45) is 3.29. The van der Waals surface area contributed by atoms with Gasteiger partial charge < -0.3 is 15.4 Å². The van der Waals surface area contributed by atoms with Crippen molar-refractivity contribution in [1.82, 2.24) is 15.0 Å². The van der Waals surface area contributed by atoms with E-state index in [1.165, 1.54) is 6.33 Å². The van der Waals surface area contributed by atoms with Crippen molar-refractivity contribution in [3.05, 3.63) is 97.1 Å². The van der Waals surface area contributed by atoms with E-state index in [0.29, 0.717) is 18.2 Å². The lowest BCUT2D eigenvalue weighted by Gasteiger charge is -2.13. The normalized spacial score (nSPS) is 10.3. The summed E-state index contributed by atoms with van der Waals surface area (Å²) in [6.45, 7) is 0.588. The molecule has 0 radical (unpaired) electrons. The van der Waals surface area contributed by atoms with Gasteiger partial charge >= 0.3 is 0 Å². The Bertz CT molecular complexity index is 1030. The van der Waals surface area contributed by atoms with Crippen LogP contribution >= 0.6 is 0 Å². The first-order chi connectivity index (χ1) is 13.9. The first-order valence-electron chi connectivity index (χ1n) is 8.91. The van der Waals surface area contributed by atoms with Gasteiger partial charge in [-0.05, 0) is 36.4 Å². The van der Waals surface area contributed by atoms with Crippen molar-refractivity contribution >= 4 is 17.3 Å². The number of para-hydroxylation sites is 3. The Hall–Kier alpha value is -3.93. The fraction of sp³-hybridized carbons (Fsp3) is 0.0455. The smallest absolute Gasteiger partial charge is 0.150 e. The maximum absolute atomic E-state index is 5.99. The summed E-state index contributed by atoms with van der Waals surface area (Å²) in [5.41, 5.74) is 1.76. The number of hydrogen-bond donors (Lipinski definition) is 2. The molecule has 4 aromatic rings. The quantitative estimate of drug-likeness (QED) is 0.477.